The molecule has 2 aromatic heterocycles. The lowest BCUT2D eigenvalue weighted by Crippen LogP contribution is -2.48. The van der Waals surface area contributed by atoms with Gasteiger partial charge >= 0.3 is 5.97 Å². The number of amides is 1. The van der Waals surface area contributed by atoms with Gasteiger partial charge in [0.2, 0.25) is 16.8 Å². The number of carboxylic acids is 1. The number of anilines is 3. The molecule has 3 N–H and O–H groups in total. The van der Waals surface area contributed by atoms with E-state index >= 15 is 0 Å². The normalized spacial score (nSPS) is 18.6. The van der Waals surface area contributed by atoms with E-state index in [0.717, 1.165) is 57.3 Å². The Morgan fingerprint density at radius 2 is 2.00 bits per heavy atom. The highest BCUT2D eigenvalue weighted by Crippen LogP contribution is 2.35. The van der Waals surface area contributed by atoms with Gasteiger partial charge in [-0.1, -0.05) is 24.3 Å². The minimum absolute atomic E-state index is 0.0955. The van der Waals surface area contributed by atoms with Crippen molar-refractivity contribution in [3.8, 4) is 0 Å². The van der Waals surface area contributed by atoms with E-state index in [2.05, 4.69) is 14.9 Å². The Labute approximate surface area is 226 Å². The van der Waals surface area contributed by atoms with Gasteiger partial charge in [-0.25, -0.2) is 27.5 Å². The molecule has 2 atom stereocenters. The number of pyridine rings is 1. The number of aromatic nitrogens is 2. The van der Waals surface area contributed by atoms with Crippen molar-refractivity contribution in [2.45, 2.75) is 51.1 Å². The number of nitrogens with zero attached hydrogens (tertiary/aromatic N) is 5. The van der Waals surface area contributed by atoms with E-state index in [9.17, 15) is 23.1 Å². The molecule has 0 aliphatic carbocycles. The fourth-order valence-electron chi connectivity index (χ4n) is 5.38. The Bertz CT molecular complexity index is 1440. The van der Waals surface area contributed by atoms with Crippen molar-refractivity contribution in [1.82, 2.24) is 14.9 Å². The quantitative estimate of drug-likeness (QED) is 0.335. The fourth-order valence-corrected chi connectivity index (χ4v) is 7.29. The Morgan fingerprint density at radius 3 is 2.68 bits per heavy atom. The predicted octanol–water partition coefficient (Wildman–Crippen LogP) is 2.07. The third-order valence-electron chi connectivity index (χ3n) is 7.34. The van der Waals surface area contributed by atoms with E-state index < -0.39 is 34.9 Å². The first-order chi connectivity index (χ1) is 18.3. The number of hydrogen-bond acceptors (Lipinski definition) is 9. The van der Waals surface area contributed by atoms with Crippen LogP contribution in [0.1, 0.15) is 37.3 Å². The molecule has 38 heavy (non-hydrogen) atoms. The van der Waals surface area contributed by atoms with Crippen LogP contribution >= 0.6 is 11.3 Å². The monoisotopic (exact) mass is 558 g/mol. The number of aryl methyl sites for hydroxylation is 1. The van der Waals surface area contributed by atoms with Crippen LogP contribution in [0.3, 0.4) is 0 Å². The highest BCUT2D eigenvalue weighted by molar-refractivity contribution is 7.74. The lowest BCUT2D eigenvalue weighted by atomic mass is 9.94. The SMILES string of the molecule is CCc1cc2c(N)nccc2cc1C[C@H](C(=O)O)N1CC[C@H](N(c2cnc(N3CCCC3)s2)[SH](=O)=O)C1=O. The Hall–Kier alpha value is -3.45. The molecule has 2 fully saturated rings. The minimum Gasteiger partial charge on any atom is -0.480 e. The van der Waals surface area contributed by atoms with Crippen molar-refractivity contribution in [2.24, 2.45) is 0 Å². The lowest BCUT2D eigenvalue weighted by Gasteiger charge is -2.27. The van der Waals surface area contributed by atoms with E-state index in [0.29, 0.717) is 17.2 Å². The number of nitrogens with two attached hydrogens (primary N) is 1. The topological polar surface area (TPSA) is 150 Å². The smallest absolute Gasteiger partial charge is 0.326 e. The number of fused-ring (bicyclic) bond motifs is 1. The van der Waals surface area contributed by atoms with Crippen molar-refractivity contribution in [3.05, 3.63) is 41.7 Å². The molecule has 1 amide bonds. The molecule has 2 aliphatic rings. The van der Waals surface area contributed by atoms with Gasteiger partial charge in [0.25, 0.3) is 0 Å². The van der Waals surface area contributed by atoms with E-state index in [1.807, 2.05) is 25.1 Å². The van der Waals surface area contributed by atoms with Crippen molar-refractivity contribution < 1.29 is 23.1 Å². The molecule has 11 nitrogen and oxygen atoms in total. The summed E-state index contributed by atoms with van der Waals surface area (Å²) in [7, 11) is -3.14. The van der Waals surface area contributed by atoms with Gasteiger partial charge in [-0.05, 0) is 54.3 Å². The number of thiol groups is 1. The van der Waals surface area contributed by atoms with Gasteiger partial charge in [-0.2, -0.15) is 0 Å². The zero-order valence-electron chi connectivity index (χ0n) is 20.9. The number of rotatable bonds is 9. The van der Waals surface area contributed by atoms with Gasteiger partial charge in [0, 0.05) is 37.6 Å². The predicted molar refractivity (Wildman–Crippen MR) is 147 cm³/mol. The third kappa shape index (κ3) is 4.87. The molecular formula is C25H30N6O5S2. The Balaban J connectivity index is 1.41. The van der Waals surface area contributed by atoms with Crippen LogP contribution in [-0.4, -0.2) is 72.0 Å². The number of benzene rings is 1. The maximum absolute atomic E-state index is 13.5. The summed E-state index contributed by atoms with van der Waals surface area (Å²) in [6, 6.07) is 3.50. The van der Waals surface area contributed by atoms with Crippen molar-refractivity contribution in [3.63, 3.8) is 0 Å². The minimum atomic E-state index is -3.14. The first-order valence-corrected chi connectivity index (χ1v) is 14.6. The largest absolute Gasteiger partial charge is 0.480 e. The van der Waals surface area contributed by atoms with E-state index in [1.54, 1.807) is 6.20 Å². The van der Waals surface area contributed by atoms with Gasteiger partial charge in [0.05, 0.1) is 6.20 Å². The maximum Gasteiger partial charge on any atom is 0.326 e. The van der Waals surface area contributed by atoms with Crippen LogP contribution in [0, 0.1) is 0 Å². The molecule has 1 aromatic carbocycles. The van der Waals surface area contributed by atoms with Crippen molar-refractivity contribution in [2.75, 3.05) is 34.6 Å². The summed E-state index contributed by atoms with van der Waals surface area (Å²) in [5, 5.41) is 12.9. The van der Waals surface area contributed by atoms with Crippen LogP contribution in [0.15, 0.2) is 30.6 Å². The number of carboxylic acid groups (broad SMARTS) is 1. The second kappa shape index (κ2) is 10.7. The summed E-state index contributed by atoms with van der Waals surface area (Å²) >= 11 is 1.24. The molecule has 0 saturated carbocycles. The zero-order valence-corrected chi connectivity index (χ0v) is 22.7. The molecule has 2 saturated heterocycles. The molecular weight excluding hydrogens is 528 g/mol. The van der Waals surface area contributed by atoms with Gasteiger partial charge in [0.15, 0.2) is 5.13 Å². The first kappa shape index (κ1) is 26.2. The third-order valence-corrected chi connectivity index (χ3v) is 9.38. The van der Waals surface area contributed by atoms with Crippen LogP contribution in [-0.2, 0) is 33.3 Å². The summed E-state index contributed by atoms with van der Waals surface area (Å²) in [5.74, 6) is -1.25. The molecule has 0 radical (unpaired) electrons. The van der Waals surface area contributed by atoms with E-state index in [4.69, 9.17) is 5.73 Å². The van der Waals surface area contributed by atoms with Crippen LogP contribution < -0.4 is 14.9 Å². The van der Waals surface area contributed by atoms with Crippen LogP contribution in [0.5, 0.6) is 0 Å². The number of nitrogen functional groups attached to an aromatic ring is 1. The van der Waals surface area contributed by atoms with Crippen LogP contribution in [0.25, 0.3) is 10.8 Å². The van der Waals surface area contributed by atoms with Gasteiger partial charge in [-0.15, -0.1) is 0 Å². The number of carbonyl (C=O) groups excluding carboxylic acids is 1. The standard InChI is InChI=1S/C25H30N6O5S2/c1-2-15-12-18-16(5-7-27-22(18)26)11-17(15)13-20(24(33)34)30-10-6-19(23(30)32)31(38(35)36)21-14-28-25(37-21)29-8-3-4-9-29/h5,7,11-12,14,19-20,38H,2-4,6,8-10,13H2,1H3,(H2,26,27)(H,33,34)/t19-,20+/m0/s1. The fraction of sp³-hybridized carbons (Fsp3) is 0.440. The van der Waals surface area contributed by atoms with Crippen molar-refractivity contribution >= 4 is 60.8 Å². The summed E-state index contributed by atoms with van der Waals surface area (Å²) < 4.78 is 25.7. The summed E-state index contributed by atoms with van der Waals surface area (Å²) in [4.78, 5) is 37.9. The van der Waals surface area contributed by atoms with Gasteiger partial charge in [-0.3, -0.25) is 4.79 Å². The van der Waals surface area contributed by atoms with E-state index in [1.165, 1.54) is 22.4 Å². The second-order valence-corrected chi connectivity index (χ2v) is 11.4. The second-order valence-electron chi connectivity index (χ2n) is 9.54. The number of hydrogen-bond donors (Lipinski definition) is 3. The summed E-state index contributed by atoms with van der Waals surface area (Å²) in [5.41, 5.74) is 7.76. The molecule has 3 aromatic rings. The lowest BCUT2D eigenvalue weighted by molar-refractivity contribution is -0.148. The average Bonchev–Trinajstić information content (AvgIpc) is 3.65. The number of aliphatic carboxylic acids is 1. The van der Waals surface area contributed by atoms with Crippen molar-refractivity contribution in [1.29, 1.82) is 0 Å². The van der Waals surface area contributed by atoms with Gasteiger partial charge < -0.3 is 20.6 Å². The van der Waals surface area contributed by atoms with Crippen LogP contribution in [0.4, 0.5) is 16.0 Å². The summed E-state index contributed by atoms with van der Waals surface area (Å²) in [6.07, 6.45) is 6.14. The Kier molecular flexibility index (Phi) is 7.39. The average molecular weight is 559 g/mol. The first-order valence-electron chi connectivity index (χ1n) is 12.6. The number of carbonyl (C=O) groups is 2. The highest BCUT2D eigenvalue weighted by Gasteiger charge is 2.43. The van der Waals surface area contributed by atoms with Gasteiger partial charge in [0.1, 0.15) is 22.9 Å². The molecule has 13 heteroatoms. The summed E-state index contributed by atoms with van der Waals surface area (Å²) in [6.45, 7) is 3.84. The molecule has 0 bridgehead atoms. The molecule has 0 spiro atoms. The number of likely N-dealkylation sites (tertiary alicyclic amines) is 1. The molecule has 4 heterocycles. The maximum atomic E-state index is 13.5. The highest BCUT2D eigenvalue weighted by atomic mass is 32.2. The molecule has 5 rings (SSSR count). The molecule has 202 valence electrons. The molecule has 2 aliphatic heterocycles. The Morgan fingerprint density at radius 1 is 1.24 bits per heavy atom. The van der Waals surface area contributed by atoms with E-state index in [-0.39, 0.29) is 19.4 Å². The number of thiazole rings is 1. The zero-order chi connectivity index (χ0) is 27.0. The van der Waals surface area contributed by atoms with Crippen LogP contribution in [0.2, 0.25) is 0 Å². The molecule has 0 unspecified atom stereocenters.